The van der Waals surface area contributed by atoms with Crippen molar-refractivity contribution in [2.24, 2.45) is 11.8 Å². The van der Waals surface area contributed by atoms with Crippen molar-refractivity contribution in [2.45, 2.75) is 83.4 Å². The van der Waals surface area contributed by atoms with Crippen molar-refractivity contribution in [1.29, 1.82) is 0 Å². The van der Waals surface area contributed by atoms with Gasteiger partial charge in [-0.15, -0.1) is 0 Å². The van der Waals surface area contributed by atoms with E-state index in [0.29, 0.717) is 38.5 Å². The van der Waals surface area contributed by atoms with Crippen molar-refractivity contribution in [2.75, 3.05) is 32.7 Å². The number of hydrogen-bond donors (Lipinski definition) is 1. The second-order valence-corrected chi connectivity index (χ2v) is 11.0. The van der Waals surface area contributed by atoms with Crippen LogP contribution in [-0.4, -0.2) is 68.8 Å². The van der Waals surface area contributed by atoms with Gasteiger partial charge in [0.15, 0.2) is 0 Å². The van der Waals surface area contributed by atoms with Crippen molar-refractivity contribution in [3.63, 3.8) is 0 Å². The van der Waals surface area contributed by atoms with Crippen LogP contribution in [0, 0.1) is 11.8 Å². The van der Waals surface area contributed by atoms with Crippen LogP contribution < -0.4 is 5.69 Å². The van der Waals surface area contributed by atoms with Gasteiger partial charge in [-0.1, -0.05) is 44.2 Å². The van der Waals surface area contributed by atoms with Gasteiger partial charge in [0, 0.05) is 39.3 Å². The lowest BCUT2D eigenvalue weighted by atomic mass is 9.87. The van der Waals surface area contributed by atoms with Crippen molar-refractivity contribution in [1.82, 2.24) is 18.9 Å². The molecule has 0 bridgehead atoms. The van der Waals surface area contributed by atoms with E-state index in [1.54, 1.807) is 0 Å². The molecule has 2 saturated heterocycles. The number of nitrogens with zero attached hydrogens (tertiary/aromatic N) is 4. The van der Waals surface area contributed by atoms with Crippen LogP contribution in [0.4, 0.5) is 0 Å². The molecule has 192 valence electrons. The molecule has 1 amide bonds. The normalized spacial score (nSPS) is 27.3. The maximum Gasteiger partial charge on any atom is 0.329 e. The molecule has 3 aliphatic rings. The highest BCUT2D eigenvalue weighted by Crippen LogP contribution is 2.34. The van der Waals surface area contributed by atoms with Crippen molar-refractivity contribution in [3.05, 3.63) is 34.7 Å². The third-order valence-electron chi connectivity index (χ3n) is 8.71. The fraction of sp³-hybridized carbons (Fsp3) is 0.714. The van der Waals surface area contributed by atoms with Crippen LogP contribution in [0.5, 0.6) is 0 Å². The number of piperidine rings is 1. The Balaban J connectivity index is 1.44. The smallest absolute Gasteiger partial charge is 0.329 e. The highest BCUT2D eigenvalue weighted by Gasteiger charge is 2.41. The summed E-state index contributed by atoms with van der Waals surface area (Å²) in [5.74, 6) is 0.548. The highest BCUT2D eigenvalue weighted by atomic mass is 16.3. The molecule has 7 nitrogen and oxygen atoms in total. The number of likely N-dealkylation sites (tertiary alicyclic amines) is 2. The summed E-state index contributed by atoms with van der Waals surface area (Å²) >= 11 is 0. The van der Waals surface area contributed by atoms with Gasteiger partial charge < -0.3 is 14.9 Å². The first kappa shape index (κ1) is 24.6. The number of rotatable bonds is 5. The topological polar surface area (TPSA) is 70.7 Å². The SMILES string of the molecule is CCn1c(=O)n([C@H]2CCN(CC3CCCCCCC3)C[C@@H]2C(=O)N2CCC(O)C2)c2ccccc21. The Morgan fingerprint density at radius 1 is 0.943 bits per heavy atom. The van der Waals surface area contributed by atoms with E-state index in [2.05, 4.69) is 4.90 Å². The molecule has 1 unspecified atom stereocenters. The van der Waals surface area contributed by atoms with Crippen LogP contribution in [0.2, 0.25) is 0 Å². The van der Waals surface area contributed by atoms with Gasteiger partial charge >= 0.3 is 5.69 Å². The molecule has 2 aliphatic heterocycles. The zero-order valence-corrected chi connectivity index (χ0v) is 21.3. The fourth-order valence-electron chi connectivity index (χ4n) is 6.85. The van der Waals surface area contributed by atoms with Crippen LogP contribution >= 0.6 is 0 Å². The summed E-state index contributed by atoms with van der Waals surface area (Å²) in [7, 11) is 0. The molecule has 1 N–H and O–H groups in total. The summed E-state index contributed by atoms with van der Waals surface area (Å²) in [6.07, 6.45) is 10.3. The zero-order chi connectivity index (χ0) is 24.4. The van der Waals surface area contributed by atoms with E-state index in [1.807, 2.05) is 45.2 Å². The Kier molecular flexibility index (Phi) is 7.63. The van der Waals surface area contributed by atoms with Crippen LogP contribution in [-0.2, 0) is 11.3 Å². The number of β-amino-alcohol motifs (C(OH)–C–C–N with tert-alkyl or cyclic N) is 1. The van der Waals surface area contributed by atoms with E-state index in [9.17, 15) is 14.7 Å². The van der Waals surface area contributed by atoms with E-state index >= 15 is 0 Å². The predicted molar refractivity (Wildman–Crippen MR) is 138 cm³/mol. The molecule has 1 aliphatic carbocycles. The van der Waals surface area contributed by atoms with Gasteiger partial charge in [-0.2, -0.15) is 0 Å². The minimum Gasteiger partial charge on any atom is -0.391 e. The quantitative estimate of drug-likeness (QED) is 0.706. The number of fused-ring (bicyclic) bond motifs is 1. The molecule has 1 saturated carbocycles. The van der Waals surface area contributed by atoms with Gasteiger partial charge in [0.25, 0.3) is 0 Å². The van der Waals surface area contributed by atoms with E-state index in [1.165, 1.54) is 44.9 Å². The molecule has 5 rings (SSSR count). The first-order valence-corrected chi connectivity index (χ1v) is 14.0. The second kappa shape index (κ2) is 10.9. The fourth-order valence-corrected chi connectivity index (χ4v) is 6.85. The molecule has 1 aromatic carbocycles. The van der Waals surface area contributed by atoms with Gasteiger partial charge in [0.1, 0.15) is 0 Å². The minimum absolute atomic E-state index is 0.00794. The van der Waals surface area contributed by atoms with Gasteiger partial charge in [-0.25, -0.2) is 4.79 Å². The van der Waals surface area contributed by atoms with Gasteiger partial charge in [0.05, 0.1) is 29.1 Å². The zero-order valence-electron chi connectivity index (χ0n) is 21.3. The Morgan fingerprint density at radius 2 is 1.66 bits per heavy atom. The van der Waals surface area contributed by atoms with Crippen LogP contribution in [0.1, 0.15) is 70.8 Å². The summed E-state index contributed by atoms with van der Waals surface area (Å²) in [6.45, 7) is 6.32. The molecule has 3 atom stereocenters. The van der Waals surface area contributed by atoms with E-state index in [0.717, 1.165) is 30.5 Å². The molecule has 3 heterocycles. The lowest BCUT2D eigenvalue weighted by Crippen LogP contribution is -2.51. The number of hydrogen-bond acceptors (Lipinski definition) is 4. The first-order valence-electron chi connectivity index (χ1n) is 14.0. The summed E-state index contributed by atoms with van der Waals surface area (Å²) in [6, 6.07) is 7.83. The lowest BCUT2D eigenvalue weighted by molar-refractivity contribution is -0.138. The van der Waals surface area contributed by atoms with Gasteiger partial charge in [-0.3, -0.25) is 13.9 Å². The largest absolute Gasteiger partial charge is 0.391 e. The average molecular weight is 483 g/mol. The summed E-state index contributed by atoms with van der Waals surface area (Å²) < 4.78 is 3.75. The molecule has 0 spiro atoms. The maximum absolute atomic E-state index is 13.9. The molecule has 0 radical (unpaired) electrons. The minimum atomic E-state index is -0.434. The Hall–Kier alpha value is -2.12. The monoisotopic (exact) mass is 482 g/mol. The maximum atomic E-state index is 13.9. The molecular formula is C28H42N4O3. The molecule has 3 fully saturated rings. The van der Waals surface area contributed by atoms with E-state index in [-0.39, 0.29) is 23.6 Å². The Labute approximate surface area is 208 Å². The highest BCUT2D eigenvalue weighted by molar-refractivity contribution is 5.81. The van der Waals surface area contributed by atoms with Crippen LogP contribution in [0.3, 0.4) is 0 Å². The number of aliphatic hydroxyl groups is 1. The third-order valence-corrected chi connectivity index (χ3v) is 8.71. The Bertz CT molecular complexity index is 1070. The second-order valence-electron chi connectivity index (χ2n) is 11.0. The number of carbonyl (C=O) groups excluding carboxylic acids is 1. The summed E-state index contributed by atoms with van der Waals surface area (Å²) in [5.41, 5.74) is 1.86. The number of para-hydroxylation sites is 2. The number of aliphatic hydroxyl groups excluding tert-OH is 1. The van der Waals surface area contributed by atoms with Crippen molar-refractivity contribution < 1.29 is 9.90 Å². The number of imidazole rings is 1. The standard InChI is InChI=1S/C28H42N4O3/c1-2-31-25-12-8-9-13-26(25)32(28(31)35)24-15-16-29(18-21-10-6-4-3-5-7-11-21)20-23(24)27(34)30-17-14-22(33)19-30/h8-9,12-13,21-24,33H,2-7,10-11,14-20H2,1H3/t22?,23-,24-/m0/s1. The number of aryl methyl sites for hydroxylation is 1. The molecule has 2 aromatic rings. The molecule has 35 heavy (non-hydrogen) atoms. The van der Waals surface area contributed by atoms with Crippen LogP contribution in [0.15, 0.2) is 29.1 Å². The number of benzene rings is 1. The van der Waals surface area contributed by atoms with Crippen molar-refractivity contribution in [3.8, 4) is 0 Å². The number of carbonyl (C=O) groups is 1. The molecule has 7 heteroatoms. The van der Waals surface area contributed by atoms with Gasteiger partial charge in [0.2, 0.25) is 5.91 Å². The summed E-state index contributed by atoms with van der Waals surface area (Å²) in [5, 5.41) is 10.1. The third kappa shape index (κ3) is 5.08. The van der Waals surface area contributed by atoms with E-state index < -0.39 is 6.10 Å². The number of amides is 1. The Morgan fingerprint density at radius 3 is 2.34 bits per heavy atom. The predicted octanol–water partition coefficient (Wildman–Crippen LogP) is 3.64. The number of aromatic nitrogens is 2. The molecular weight excluding hydrogens is 440 g/mol. The van der Waals surface area contributed by atoms with Gasteiger partial charge in [-0.05, 0) is 50.7 Å². The van der Waals surface area contributed by atoms with Crippen molar-refractivity contribution >= 4 is 16.9 Å². The molecule has 1 aromatic heterocycles. The van der Waals surface area contributed by atoms with Crippen LogP contribution in [0.25, 0.3) is 11.0 Å². The lowest BCUT2D eigenvalue weighted by Gasteiger charge is -2.41. The first-order chi connectivity index (χ1) is 17.1. The van der Waals surface area contributed by atoms with E-state index in [4.69, 9.17) is 0 Å². The summed E-state index contributed by atoms with van der Waals surface area (Å²) in [4.78, 5) is 31.8. The average Bonchev–Trinajstić information content (AvgIpc) is 3.40.